The molecule has 2 fully saturated rings. The van der Waals surface area contributed by atoms with Gasteiger partial charge < -0.3 is 20.4 Å². The van der Waals surface area contributed by atoms with Crippen molar-refractivity contribution in [1.29, 1.82) is 0 Å². The lowest BCUT2D eigenvalue weighted by Gasteiger charge is -2.31. The van der Waals surface area contributed by atoms with Crippen LogP contribution in [0.5, 0.6) is 0 Å². The molecule has 0 radical (unpaired) electrons. The van der Waals surface area contributed by atoms with Crippen molar-refractivity contribution in [2.24, 2.45) is 5.92 Å². The van der Waals surface area contributed by atoms with Gasteiger partial charge in [0.05, 0.1) is 11.9 Å². The SMILES string of the molecule is CNC(=O)C1CCN(C(=O)Nc2ccc(N3CCCC3)nc2)CC1. The van der Waals surface area contributed by atoms with Gasteiger partial charge in [0.1, 0.15) is 5.82 Å². The van der Waals surface area contributed by atoms with Gasteiger partial charge in [0, 0.05) is 39.1 Å². The molecule has 130 valence electrons. The van der Waals surface area contributed by atoms with Crippen LogP contribution in [0, 0.1) is 5.92 Å². The molecular weight excluding hydrogens is 306 g/mol. The minimum absolute atomic E-state index is 0.0143. The summed E-state index contributed by atoms with van der Waals surface area (Å²) in [5.74, 6) is 1.05. The summed E-state index contributed by atoms with van der Waals surface area (Å²) in [7, 11) is 1.65. The van der Waals surface area contributed by atoms with Crippen LogP contribution in [-0.2, 0) is 4.79 Å². The highest BCUT2D eigenvalue weighted by molar-refractivity contribution is 5.89. The summed E-state index contributed by atoms with van der Waals surface area (Å²) in [6.45, 7) is 3.31. The Balaban J connectivity index is 1.51. The van der Waals surface area contributed by atoms with Crippen LogP contribution in [0.25, 0.3) is 0 Å². The van der Waals surface area contributed by atoms with Crippen molar-refractivity contribution in [1.82, 2.24) is 15.2 Å². The van der Waals surface area contributed by atoms with Crippen LogP contribution in [0.3, 0.4) is 0 Å². The van der Waals surface area contributed by atoms with E-state index < -0.39 is 0 Å². The third kappa shape index (κ3) is 3.77. The molecule has 2 aliphatic rings. The molecular formula is C17H25N5O2. The van der Waals surface area contributed by atoms with Gasteiger partial charge in [0.25, 0.3) is 0 Å². The fourth-order valence-corrected chi connectivity index (χ4v) is 3.34. The second-order valence-corrected chi connectivity index (χ2v) is 6.40. The fraction of sp³-hybridized carbons (Fsp3) is 0.588. The van der Waals surface area contributed by atoms with Crippen LogP contribution in [0.1, 0.15) is 25.7 Å². The molecule has 2 aliphatic heterocycles. The van der Waals surface area contributed by atoms with Crippen molar-refractivity contribution in [3.8, 4) is 0 Å². The van der Waals surface area contributed by atoms with E-state index in [0.717, 1.165) is 18.9 Å². The van der Waals surface area contributed by atoms with E-state index in [1.54, 1.807) is 18.1 Å². The Morgan fingerprint density at radius 3 is 2.42 bits per heavy atom. The lowest BCUT2D eigenvalue weighted by molar-refractivity contribution is -0.125. The first-order valence-corrected chi connectivity index (χ1v) is 8.66. The molecule has 2 saturated heterocycles. The minimum Gasteiger partial charge on any atom is -0.359 e. The molecule has 3 amide bonds. The molecule has 0 bridgehead atoms. The van der Waals surface area contributed by atoms with Gasteiger partial charge in [-0.2, -0.15) is 0 Å². The topological polar surface area (TPSA) is 77.6 Å². The summed E-state index contributed by atoms with van der Waals surface area (Å²) in [4.78, 5) is 32.4. The van der Waals surface area contributed by atoms with Crippen LogP contribution in [0.4, 0.5) is 16.3 Å². The van der Waals surface area contributed by atoms with Gasteiger partial charge in [-0.25, -0.2) is 9.78 Å². The van der Waals surface area contributed by atoms with Crippen molar-refractivity contribution >= 4 is 23.4 Å². The van der Waals surface area contributed by atoms with Crippen molar-refractivity contribution < 1.29 is 9.59 Å². The Bertz CT molecular complexity index is 575. The number of carbonyl (C=O) groups excluding carboxylic acids is 2. The van der Waals surface area contributed by atoms with Crippen LogP contribution >= 0.6 is 0 Å². The monoisotopic (exact) mass is 331 g/mol. The average molecular weight is 331 g/mol. The van der Waals surface area contributed by atoms with Crippen LogP contribution in [0.15, 0.2) is 18.3 Å². The molecule has 3 rings (SSSR count). The van der Waals surface area contributed by atoms with E-state index in [1.807, 2.05) is 12.1 Å². The van der Waals surface area contributed by atoms with E-state index in [0.29, 0.717) is 31.6 Å². The Morgan fingerprint density at radius 1 is 1.12 bits per heavy atom. The van der Waals surface area contributed by atoms with Crippen molar-refractivity contribution in [2.45, 2.75) is 25.7 Å². The van der Waals surface area contributed by atoms with E-state index in [9.17, 15) is 9.59 Å². The first kappa shape index (κ1) is 16.5. The molecule has 7 nitrogen and oxygen atoms in total. The lowest BCUT2D eigenvalue weighted by Crippen LogP contribution is -2.44. The first-order valence-electron chi connectivity index (χ1n) is 8.66. The van der Waals surface area contributed by atoms with Gasteiger partial charge in [0.2, 0.25) is 5.91 Å². The Hall–Kier alpha value is -2.31. The van der Waals surface area contributed by atoms with Gasteiger partial charge in [-0.05, 0) is 37.8 Å². The number of amides is 3. The van der Waals surface area contributed by atoms with E-state index in [1.165, 1.54) is 12.8 Å². The largest absolute Gasteiger partial charge is 0.359 e. The molecule has 3 heterocycles. The van der Waals surface area contributed by atoms with Crippen LogP contribution in [0.2, 0.25) is 0 Å². The van der Waals surface area contributed by atoms with Gasteiger partial charge >= 0.3 is 6.03 Å². The summed E-state index contributed by atoms with van der Waals surface area (Å²) in [5, 5.41) is 5.57. The Morgan fingerprint density at radius 2 is 1.83 bits per heavy atom. The van der Waals surface area contributed by atoms with E-state index in [2.05, 4.69) is 20.5 Å². The number of aromatic nitrogens is 1. The standard InChI is InChI=1S/C17H25N5O2/c1-18-16(23)13-6-10-22(11-7-13)17(24)20-14-4-5-15(19-12-14)21-8-2-3-9-21/h4-5,12-13H,2-3,6-11H2,1H3,(H,18,23)(H,20,24). The quantitative estimate of drug-likeness (QED) is 0.883. The maximum Gasteiger partial charge on any atom is 0.321 e. The Kier molecular flexibility index (Phi) is 5.17. The zero-order valence-corrected chi connectivity index (χ0v) is 14.1. The number of hydrogen-bond acceptors (Lipinski definition) is 4. The molecule has 1 aromatic heterocycles. The first-order chi connectivity index (χ1) is 11.7. The number of nitrogens with zero attached hydrogens (tertiary/aromatic N) is 3. The van der Waals surface area contributed by atoms with E-state index in [4.69, 9.17) is 0 Å². The van der Waals surface area contributed by atoms with Crippen molar-refractivity contribution in [2.75, 3.05) is 43.4 Å². The highest BCUT2D eigenvalue weighted by Gasteiger charge is 2.26. The summed E-state index contributed by atoms with van der Waals surface area (Å²) in [6.07, 6.45) is 5.56. The normalized spacial score (nSPS) is 18.5. The molecule has 1 aromatic rings. The van der Waals surface area contributed by atoms with Gasteiger partial charge in [-0.15, -0.1) is 0 Å². The molecule has 0 aromatic carbocycles. The highest BCUT2D eigenvalue weighted by atomic mass is 16.2. The Labute approximate surface area is 142 Å². The van der Waals surface area contributed by atoms with Crippen LogP contribution < -0.4 is 15.5 Å². The molecule has 24 heavy (non-hydrogen) atoms. The van der Waals surface area contributed by atoms with Gasteiger partial charge in [-0.3, -0.25) is 4.79 Å². The maximum absolute atomic E-state index is 12.3. The number of pyridine rings is 1. The molecule has 0 unspecified atom stereocenters. The van der Waals surface area contributed by atoms with E-state index in [-0.39, 0.29) is 17.9 Å². The predicted molar refractivity (Wildman–Crippen MR) is 93.1 cm³/mol. The highest BCUT2D eigenvalue weighted by Crippen LogP contribution is 2.21. The number of likely N-dealkylation sites (tertiary alicyclic amines) is 1. The third-order valence-electron chi connectivity index (χ3n) is 4.83. The maximum atomic E-state index is 12.3. The third-order valence-corrected chi connectivity index (χ3v) is 4.83. The number of nitrogens with one attached hydrogen (secondary N) is 2. The average Bonchev–Trinajstić information content (AvgIpc) is 3.16. The van der Waals surface area contributed by atoms with Crippen molar-refractivity contribution in [3.63, 3.8) is 0 Å². The van der Waals surface area contributed by atoms with Crippen LogP contribution in [-0.4, -0.2) is 55.0 Å². The second-order valence-electron chi connectivity index (χ2n) is 6.40. The van der Waals surface area contributed by atoms with E-state index >= 15 is 0 Å². The van der Waals surface area contributed by atoms with Crippen molar-refractivity contribution in [3.05, 3.63) is 18.3 Å². The zero-order chi connectivity index (χ0) is 16.9. The molecule has 2 N–H and O–H groups in total. The zero-order valence-electron chi connectivity index (χ0n) is 14.1. The summed E-state index contributed by atoms with van der Waals surface area (Å²) in [5.41, 5.74) is 0.705. The summed E-state index contributed by atoms with van der Waals surface area (Å²) >= 11 is 0. The minimum atomic E-state index is -0.124. The fourth-order valence-electron chi connectivity index (χ4n) is 3.34. The second kappa shape index (κ2) is 7.51. The lowest BCUT2D eigenvalue weighted by atomic mass is 9.96. The number of rotatable bonds is 3. The molecule has 0 atom stereocenters. The predicted octanol–water partition coefficient (Wildman–Crippen LogP) is 1.67. The van der Waals surface area contributed by atoms with Gasteiger partial charge in [-0.1, -0.05) is 0 Å². The number of carbonyl (C=O) groups is 2. The molecule has 0 spiro atoms. The number of piperidine rings is 1. The molecule has 7 heteroatoms. The van der Waals surface area contributed by atoms with Gasteiger partial charge in [0.15, 0.2) is 0 Å². The number of anilines is 2. The number of urea groups is 1. The summed E-state index contributed by atoms with van der Waals surface area (Å²) in [6, 6.07) is 3.73. The molecule has 0 saturated carbocycles. The smallest absolute Gasteiger partial charge is 0.321 e. The summed E-state index contributed by atoms with van der Waals surface area (Å²) < 4.78 is 0. The molecule has 0 aliphatic carbocycles. The number of hydrogen-bond donors (Lipinski definition) is 2.